The number of fused-ring (bicyclic) bond motifs is 1. The molecule has 0 radical (unpaired) electrons. The van der Waals surface area contributed by atoms with Gasteiger partial charge >= 0.3 is 5.97 Å². The molecule has 1 aliphatic heterocycles. The van der Waals surface area contributed by atoms with Crippen LogP contribution in [0.1, 0.15) is 55.6 Å². The topological polar surface area (TPSA) is 59.8 Å². The lowest BCUT2D eigenvalue weighted by molar-refractivity contribution is -0.915. The monoisotopic (exact) mass is 387 g/mol. The van der Waals surface area contributed by atoms with Crippen molar-refractivity contribution in [3.63, 3.8) is 0 Å². The van der Waals surface area contributed by atoms with Crippen LogP contribution in [0, 0.1) is 13.8 Å². The van der Waals surface area contributed by atoms with Gasteiger partial charge in [-0.1, -0.05) is 24.6 Å². The predicted molar refractivity (Wildman–Crippen MR) is 108 cm³/mol. The number of amides is 1. The molecule has 1 aromatic heterocycles. The Hall–Kier alpha value is -2.18. The molecule has 0 spiro atoms. The first-order valence-electron chi connectivity index (χ1n) is 9.39. The molecule has 0 fully saturated rings. The van der Waals surface area contributed by atoms with Crippen LogP contribution in [0.3, 0.4) is 0 Å². The molecule has 0 saturated heterocycles. The zero-order valence-electron chi connectivity index (χ0n) is 16.4. The first-order chi connectivity index (χ1) is 12.9. The normalized spacial score (nSPS) is 15.9. The molecule has 1 aromatic carbocycles. The number of methoxy groups -OCH3 is 1. The summed E-state index contributed by atoms with van der Waals surface area (Å²) in [5.41, 5.74) is 4.16. The van der Waals surface area contributed by atoms with E-state index in [4.69, 9.17) is 4.74 Å². The van der Waals surface area contributed by atoms with E-state index in [2.05, 4.69) is 12.2 Å². The standard InChI is InChI=1S/C21H26N2O3S/c1-5-9-23-10-8-15-17(12-23)27-20(18(15)21(25)26-4)22-19(24)16-11-13(2)6-7-14(16)3/h6-7,11H,5,8-10,12H2,1-4H3,(H,22,24)/p+1. The van der Waals surface area contributed by atoms with Gasteiger partial charge in [0, 0.05) is 12.0 Å². The van der Waals surface area contributed by atoms with Gasteiger partial charge in [0.05, 0.1) is 30.6 Å². The van der Waals surface area contributed by atoms with Crippen molar-refractivity contribution in [1.29, 1.82) is 0 Å². The van der Waals surface area contributed by atoms with Crippen molar-refractivity contribution in [3.05, 3.63) is 50.9 Å². The van der Waals surface area contributed by atoms with Crippen LogP contribution < -0.4 is 10.2 Å². The number of rotatable bonds is 5. The van der Waals surface area contributed by atoms with Crippen molar-refractivity contribution in [2.24, 2.45) is 0 Å². The summed E-state index contributed by atoms with van der Waals surface area (Å²) in [7, 11) is 1.39. The molecule has 0 aliphatic carbocycles. The van der Waals surface area contributed by atoms with Crippen molar-refractivity contribution < 1.29 is 19.2 Å². The van der Waals surface area contributed by atoms with E-state index < -0.39 is 0 Å². The molecule has 3 rings (SSSR count). The Balaban J connectivity index is 1.94. The van der Waals surface area contributed by atoms with Crippen LogP contribution >= 0.6 is 11.3 Å². The third-order valence-corrected chi connectivity index (χ3v) is 6.24. The quantitative estimate of drug-likeness (QED) is 0.776. The molecule has 0 bridgehead atoms. The van der Waals surface area contributed by atoms with Crippen LogP contribution in [0.2, 0.25) is 0 Å². The average Bonchev–Trinajstić information content (AvgIpc) is 3.00. The van der Waals surface area contributed by atoms with Crippen molar-refractivity contribution in [3.8, 4) is 0 Å². The minimum Gasteiger partial charge on any atom is -0.465 e. The second-order valence-electron chi connectivity index (χ2n) is 7.15. The smallest absolute Gasteiger partial charge is 0.341 e. The van der Waals surface area contributed by atoms with Gasteiger partial charge in [-0.05, 0) is 37.5 Å². The summed E-state index contributed by atoms with van der Waals surface area (Å²) in [6, 6.07) is 5.81. The van der Waals surface area contributed by atoms with Crippen LogP contribution in [0.25, 0.3) is 0 Å². The maximum Gasteiger partial charge on any atom is 0.341 e. The van der Waals surface area contributed by atoms with Crippen LogP contribution in [0.5, 0.6) is 0 Å². The van der Waals surface area contributed by atoms with E-state index in [1.165, 1.54) is 28.2 Å². The molecular formula is C21H27N2O3S+. The number of hydrogen-bond acceptors (Lipinski definition) is 4. The summed E-state index contributed by atoms with van der Waals surface area (Å²) in [6.07, 6.45) is 1.97. The van der Waals surface area contributed by atoms with E-state index >= 15 is 0 Å². The molecule has 1 atom stereocenters. The van der Waals surface area contributed by atoms with E-state index in [1.54, 1.807) is 0 Å². The largest absolute Gasteiger partial charge is 0.465 e. The Morgan fingerprint density at radius 1 is 1.30 bits per heavy atom. The van der Waals surface area contributed by atoms with Crippen LogP contribution in [0.4, 0.5) is 5.00 Å². The molecule has 144 valence electrons. The number of hydrogen-bond donors (Lipinski definition) is 2. The summed E-state index contributed by atoms with van der Waals surface area (Å²) in [4.78, 5) is 28.0. The van der Waals surface area contributed by atoms with Crippen molar-refractivity contribution in [1.82, 2.24) is 0 Å². The van der Waals surface area contributed by atoms with Gasteiger partial charge in [-0.25, -0.2) is 4.79 Å². The van der Waals surface area contributed by atoms with Crippen molar-refractivity contribution in [2.75, 3.05) is 25.5 Å². The number of carbonyl (C=O) groups excluding carboxylic acids is 2. The van der Waals surface area contributed by atoms with Crippen LogP contribution in [-0.2, 0) is 17.7 Å². The van der Waals surface area contributed by atoms with E-state index in [0.29, 0.717) is 16.1 Å². The number of quaternary nitrogens is 1. The van der Waals surface area contributed by atoms with Gasteiger partial charge in [-0.3, -0.25) is 4.79 Å². The van der Waals surface area contributed by atoms with Gasteiger partial charge in [0.15, 0.2) is 0 Å². The molecule has 27 heavy (non-hydrogen) atoms. The van der Waals surface area contributed by atoms with Gasteiger partial charge in [0.2, 0.25) is 0 Å². The number of anilines is 1. The summed E-state index contributed by atoms with van der Waals surface area (Å²) in [6.45, 7) is 9.09. The second kappa shape index (κ2) is 8.23. The maximum absolute atomic E-state index is 12.9. The van der Waals surface area contributed by atoms with Gasteiger partial charge in [-0.2, -0.15) is 0 Å². The molecule has 1 aliphatic rings. The molecule has 2 aromatic rings. The number of nitrogens with one attached hydrogen (secondary N) is 2. The SMILES string of the molecule is CCC[NH+]1CCc2c(sc(NC(=O)c3cc(C)ccc3C)c2C(=O)OC)C1. The summed E-state index contributed by atoms with van der Waals surface area (Å²) >= 11 is 1.51. The number of benzene rings is 1. The maximum atomic E-state index is 12.9. The zero-order chi connectivity index (χ0) is 19.6. The van der Waals surface area contributed by atoms with Gasteiger partial charge < -0.3 is 15.0 Å². The van der Waals surface area contributed by atoms with E-state index in [9.17, 15) is 9.59 Å². The molecule has 2 N–H and O–H groups in total. The zero-order valence-corrected chi connectivity index (χ0v) is 17.2. The van der Waals surface area contributed by atoms with E-state index in [0.717, 1.165) is 49.2 Å². The Bertz CT molecular complexity index is 873. The molecular weight excluding hydrogens is 360 g/mol. The molecule has 1 amide bonds. The average molecular weight is 388 g/mol. The minimum atomic E-state index is -0.372. The summed E-state index contributed by atoms with van der Waals surface area (Å²) in [5, 5.41) is 3.59. The Labute approximate surface area is 164 Å². The van der Waals surface area contributed by atoms with Gasteiger partial charge in [-0.15, -0.1) is 11.3 Å². The Morgan fingerprint density at radius 2 is 2.07 bits per heavy atom. The molecule has 0 saturated carbocycles. The lowest BCUT2D eigenvalue weighted by Crippen LogP contribution is -3.11. The molecule has 5 nitrogen and oxygen atoms in total. The molecule has 1 unspecified atom stereocenters. The number of carbonyl (C=O) groups is 2. The number of aryl methyl sites for hydroxylation is 2. The van der Waals surface area contributed by atoms with Crippen LogP contribution in [0.15, 0.2) is 18.2 Å². The summed E-state index contributed by atoms with van der Waals surface area (Å²) < 4.78 is 5.02. The third-order valence-electron chi connectivity index (χ3n) is 5.09. The fraction of sp³-hybridized carbons (Fsp3) is 0.429. The van der Waals surface area contributed by atoms with Gasteiger partial charge in [0.1, 0.15) is 11.5 Å². The number of esters is 1. The predicted octanol–water partition coefficient (Wildman–Crippen LogP) is 2.75. The first-order valence-corrected chi connectivity index (χ1v) is 10.2. The number of thiophene rings is 1. The van der Waals surface area contributed by atoms with Crippen molar-refractivity contribution in [2.45, 2.75) is 40.2 Å². The highest BCUT2D eigenvalue weighted by Gasteiger charge is 2.31. The number of ether oxygens (including phenoxy) is 1. The second-order valence-corrected chi connectivity index (χ2v) is 8.25. The highest BCUT2D eigenvalue weighted by Crippen LogP contribution is 2.35. The molecule has 6 heteroatoms. The Kier molecular flexibility index (Phi) is 5.97. The highest BCUT2D eigenvalue weighted by molar-refractivity contribution is 7.17. The fourth-order valence-corrected chi connectivity index (χ4v) is 4.96. The van der Waals surface area contributed by atoms with Crippen LogP contribution in [-0.4, -0.2) is 32.1 Å². The lowest BCUT2D eigenvalue weighted by Gasteiger charge is -2.23. The first kappa shape index (κ1) is 19.6. The van der Waals surface area contributed by atoms with E-state index in [-0.39, 0.29) is 11.9 Å². The Morgan fingerprint density at radius 3 is 2.78 bits per heavy atom. The molecule has 2 heterocycles. The summed E-state index contributed by atoms with van der Waals surface area (Å²) in [5.74, 6) is -0.555. The lowest BCUT2D eigenvalue weighted by atomic mass is 10.0. The highest BCUT2D eigenvalue weighted by atomic mass is 32.1. The van der Waals surface area contributed by atoms with Crippen molar-refractivity contribution >= 4 is 28.2 Å². The third kappa shape index (κ3) is 4.06. The van der Waals surface area contributed by atoms with E-state index in [1.807, 2.05) is 32.0 Å². The van der Waals surface area contributed by atoms with Gasteiger partial charge in [0.25, 0.3) is 5.91 Å². The minimum absolute atomic E-state index is 0.183. The fourth-order valence-electron chi connectivity index (χ4n) is 3.66.